The summed E-state index contributed by atoms with van der Waals surface area (Å²) in [5, 5.41) is 8.73. The van der Waals surface area contributed by atoms with Gasteiger partial charge in [0.2, 0.25) is 5.82 Å². The lowest BCUT2D eigenvalue weighted by atomic mass is 10.1. The summed E-state index contributed by atoms with van der Waals surface area (Å²) in [6, 6.07) is 4.55. The van der Waals surface area contributed by atoms with E-state index in [1.165, 1.54) is 24.5 Å². The topological polar surface area (TPSA) is 65.4 Å². The quantitative estimate of drug-likeness (QED) is 0.816. The van der Waals surface area contributed by atoms with Crippen molar-refractivity contribution in [3.05, 3.63) is 40.6 Å². The van der Waals surface area contributed by atoms with Crippen LogP contribution in [0.1, 0.15) is 11.4 Å². The van der Waals surface area contributed by atoms with Crippen LogP contribution in [0.3, 0.4) is 0 Å². The zero-order valence-electron chi connectivity index (χ0n) is 9.19. The molecule has 2 rings (SSSR count). The lowest BCUT2D eigenvalue weighted by molar-refractivity contribution is -0.144. The molecule has 0 radical (unpaired) electrons. The number of nitrogens with zero attached hydrogens (tertiary/aromatic N) is 3. The second kappa shape index (κ2) is 4.78. The zero-order chi connectivity index (χ0) is 14.0. The van der Waals surface area contributed by atoms with Crippen LogP contribution in [0, 0.1) is 16.0 Å². The van der Waals surface area contributed by atoms with Gasteiger partial charge in [-0.05, 0) is 12.1 Å². The van der Waals surface area contributed by atoms with Gasteiger partial charge in [-0.25, -0.2) is 4.98 Å². The number of nitriles is 1. The summed E-state index contributed by atoms with van der Waals surface area (Å²) in [5.41, 5.74) is 0.678. The van der Waals surface area contributed by atoms with Gasteiger partial charge < -0.3 is 4.98 Å². The van der Waals surface area contributed by atoms with Gasteiger partial charge in [0.1, 0.15) is 10.7 Å². The van der Waals surface area contributed by atoms with E-state index in [0.29, 0.717) is 5.56 Å². The molecule has 19 heavy (non-hydrogen) atoms. The molecule has 0 spiro atoms. The zero-order valence-corrected chi connectivity index (χ0v) is 10.0. The van der Waals surface area contributed by atoms with Gasteiger partial charge in [0.05, 0.1) is 11.3 Å². The Labute approximate surface area is 110 Å². The van der Waals surface area contributed by atoms with E-state index in [1.54, 1.807) is 0 Å². The molecule has 4 nitrogen and oxygen atoms in total. The summed E-state index contributed by atoms with van der Waals surface area (Å²) in [6.45, 7) is 0. The van der Waals surface area contributed by atoms with Gasteiger partial charge >= 0.3 is 6.18 Å². The maximum Gasteiger partial charge on any atom is 0.449 e. The Bertz CT molecular complexity index is 715. The highest BCUT2D eigenvalue weighted by Gasteiger charge is 2.34. The fourth-order valence-electron chi connectivity index (χ4n) is 1.40. The van der Waals surface area contributed by atoms with Crippen molar-refractivity contribution in [1.82, 2.24) is 15.0 Å². The van der Waals surface area contributed by atoms with Crippen LogP contribution in [0.5, 0.6) is 0 Å². The number of hydrogen-bond donors (Lipinski definition) is 1. The first-order valence-corrected chi connectivity index (χ1v) is 5.35. The molecule has 0 aliphatic carbocycles. The Hall–Kier alpha value is -2.27. The van der Waals surface area contributed by atoms with E-state index in [-0.39, 0.29) is 15.9 Å². The standard InChI is InChI=1S/C11H5F3N4S/c12-11(13,14)10-17-8(2-9(19)18-10)7-1-6(3-15)4-16-5-7/h1-2,4-5H,(H,17,18,19). The summed E-state index contributed by atoms with van der Waals surface area (Å²) in [4.78, 5) is 9.14. The molecule has 2 heterocycles. The van der Waals surface area contributed by atoms with Crippen molar-refractivity contribution in [1.29, 1.82) is 5.26 Å². The molecule has 0 amide bonds. The van der Waals surface area contributed by atoms with Crippen molar-refractivity contribution in [2.24, 2.45) is 0 Å². The Morgan fingerprint density at radius 2 is 2.00 bits per heavy atom. The molecule has 0 aromatic carbocycles. The Kier molecular flexibility index (Phi) is 3.31. The van der Waals surface area contributed by atoms with Crippen LogP contribution >= 0.6 is 12.2 Å². The highest BCUT2D eigenvalue weighted by molar-refractivity contribution is 7.71. The van der Waals surface area contributed by atoms with Crippen molar-refractivity contribution in [2.45, 2.75) is 6.18 Å². The van der Waals surface area contributed by atoms with Crippen LogP contribution in [0.2, 0.25) is 0 Å². The maximum absolute atomic E-state index is 12.6. The largest absolute Gasteiger partial charge is 0.449 e. The third-order valence-corrected chi connectivity index (χ3v) is 2.40. The molecule has 0 atom stereocenters. The van der Waals surface area contributed by atoms with E-state index < -0.39 is 12.0 Å². The van der Waals surface area contributed by atoms with Gasteiger partial charge in [-0.1, -0.05) is 12.2 Å². The first-order valence-electron chi connectivity index (χ1n) is 4.94. The number of rotatable bonds is 1. The van der Waals surface area contributed by atoms with Gasteiger partial charge in [-0.15, -0.1) is 0 Å². The molecular weight excluding hydrogens is 277 g/mol. The molecule has 0 saturated carbocycles. The van der Waals surface area contributed by atoms with E-state index in [1.807, 2.05) is 6.07 Å². The van der Waals surface area contributed by atoms with E-state index in [2.05, 4.69) is 15.0 Å². The van der Waals surface area contributed by atoms with Crippen molar-refractivity contribution < 1.29 is 13.2 Å². The number of aromatic amines is 1. The average molecular weight is 282 g/mol. The highest BCUT2D eigenvalue weighted by Crippen LogP contribution is 2.28. The molecule has 0 aliphatic heterocycles. The second-order valence-corrected chi connectivity index (χ2v) is 3.97. The van der Waals surface area contributed by atoms with Crippen molar-refractivity contribution in [3.8, 4) is 17.3 Å². The molecule has 2 aromatic heterocycles. The Balaban J connectivity index is 2.60. The average Bonchev–Trinajstić information content (AvgIpc) is 2.37. The normalized spacial score (nSPS) is 11.1. The number of nitrogens with one attached hydrogen (secondary N) is 1. The third-order valence-electron chi connectivity index (χ3n) is 2.19. The van der Waals surface area contributed by atoms with Crippen LogP contribution in [0.4, 0.5) is 13.2 Å². The highest BCUT2D eigenvalue weighted by atomic mass is 32.1. The SMILES string of the molecule is N#Cc1cncc(-c2cc(=S)nc(C(F)(F)F)[nH]2)c1. The molecule has 8 heteroatoms. The van der Waals surface area contributed by atoms with Crippen molar-refractivity contribution in [2.75, 3.05) is 0 Å². The van der Waals surface area contributed by atoms with E-state index in [0.717, 1.165) is 0 Å². The summed E-state index contributed by atoms with van der Waals surface area (Å²) < 4.78 is 37.6. The fraction of sp³-hybridized carbons (Fsp3) is 0.0909. The molecule has 96 valence electrons. The number of pyridine rings is 1. The molecule has 0 bridgehead atoms. The Morgan fingerprint density at radius 3 is 2.63 bits per heavy atom. The van der Waals surface area contributed by atoms with Gasteiger partial charge in [0.25, 0.3) is 0 Å². The number of aromatic nitrogens is 3. The predicted octanol–water partition coefficient (Wildman–Crippen LogP) is 3.09. The van der Waals surface area contributed by atoms with Crippen LogP contribution in [0.25, 0.3) is 11.3 Å². The number of halogens is 3. The van der Waals surface area contributed by atoms with Gasteiger partial charge in [-0.3, -0.25) is 4.98 Å². The molecule has 0 unspecified atom stereocenters. The lowest BCUT2D eigenvalue weighted by Crippen LogP contribution is -2.11. The van der Waals surface area contributed by atoms with E-state index >= 15 is 0 Å². The summed E-state index contributed by atoms with van der Waals surface area (Å²) in [6.07, 6.45) is -1.98. The summed E-state index contributed by atoms with van der Waals surface area (Å²) >= 11 is 4.70. The monoisotopic (exact) mass is 282 g/mol. The van der Waals surface area contributed by atoms with Crippen molar-refractivity contribution >= 4 is 12.2 Å². The predicted molar refractivity (Wildman–Crippen MR) is 62.4 cm³/mol. The molecule has 0 aliphatic rings. The van der Waals surface area contributed by atoms with E-state index in [9.17, 15) is 13.2 Å². The smallest absolute Gasteiger partial charge is 0.335 e. The molecule has 0 fully saturated rings. The van der Waals surface area contributed by atoms with Crippen LogP contribution in [-0.4, -0.2) is 15.0 Å². The maximum atomic E-state index is 12.6. The Morgan fingerprint density at radius 1 is 1.26 bits per heavy atom. The van der Waals surface area contributed by atoms with Crippen LogP contribution in [-0.2, 0) is 6.18 Å². The van der Waals surface area contributed by atoms with Gasteiger partial charge in [-0.2, -0.15) is 18.4 Å². The minimum absolute atomic E-state index is 0.108. The molecule has 0 saturated heterocycles. The fourth-order valence-corrected chi connectivity index (χ4v) is 1.60. The van der Waals surface area contributed by atoms with E-state index in [4.69, 9.17) is 17.5 Å². The van der Waals surface area contributed by atoms with Crippen molar-refractivity contribution in [3.63, 3.8) is 0 Å². The molecule has 1 N–H and O–H groups in total. The first-order chi connectivity index (χ1) is 8.90. The number of hydrogen-bond acceptors (Lipinski definition) is 4. The first kappa shape index (κ1) is 13.2. The summed E-state index contributed by atoms with van der Waals surface area (Å²) in [7, 11) is 0. The summed E-state index contributed by atoms with van der Waals surface area (Å²) in [5.74, 6) is -1.18. The second-order valence-electron chi connectivity index (χ2n) is 3.55. The van der Waals surface area contributed by atoms with Gasteiger partial charge in [0, 0.05) is 18.0 Å². The van der Waals surface area contributed by atoms with Crippen LogP contribution in [0.15, 0.2) is 24.5 Å². The number of alkyl halides is 3. The molecular formula is C11H5F3N4S. The van der Waals surface area contributed by atoms with Crippen LogP contribution < -0.4 is 0 Å². The van der Waals surface area contributed by atoms with Gasteiger partial charge in [0.15, 0.2) is 0 Å². The minimum atomic E-state index is -4.62. The third kappa shape index (κ3) is 2.95. The number of H-pyrrole nitrogens is 1. The molecule has 2 aromatic rings. The lowest BCUT2D eigenvalue weighted by Gasteiger charge is -2.08. The minimum Gasteiger partial charge on any atom is -0.335 e.